The van der Waals surface area contributed by atoms with Gasteiger partial charge in [0.25, 0.3) is 0 Å². The summed E-state index contributed by atoms with van der Waals surface area (Å²) in [5.74, 6) is -1.21. The second-order valence-electron chi connectivity index (χ2n) is 3.62. The Bertz CT molecular complexity index is 620. The molecule has 0 saturated heterocycles. The minimum Gasteiger partial charge on any atom is -0.748 e. The van der Waals surface area contributed by atoms with Crippen molar-refractivity contribution in [1.29, 1.82) is 0 Å². The lowest BCUT2D eigenvalue weighted by atomic mass is 10.2. The molecule has 0 fully saturated rings. The molecule has 0 radical (unpaired) electrons. The normalized spacial score (nSPS) is 13.1. The summed E-state index contributed by atoms with van der Waals surface area (Å²) in [4.78, 5) is 11.9. The van der Waals surface area contributed by atoms with E-state index in [1.54, 1.807) is 6.07 Å². The van der Waals surface area contributed by atoms with E-state index in [0.29, 0.717) is 13.4 Å². The summed E-state index contributed by atoms with van der Waals surface area (Å²) in [5.41, 5.74) is 0.183. The van der Waals surface area contributed by atoms with E-state index in [0.717, 1.165) is 0 Å². The molecular formula is C10H7Br3ClO5S-. The molecule has 0 aromatic heterocycles. The lowest BCUT2D eigenvalue weighted by Gasteiger charge is -2.18. The average molecular weight is 514 g/mol. The van der Waals surface area contributed by atoms with Gasteiger partial charge < -0.3 is 9.29 Å². The Hall–Kier alpha value is 0.330. The third-order valence-corrected chi connectivity index (χ3v) is 6.34. The van der Waals surface area contributed by atoms with Crippen LogP contribution >= 0.6 is 59.4 Å². The van der Waals surface area contributed by atoms with Crippen LogP contribution in [0.15, 0.2) is 25.6 Å². The van der Waals surface area contributed by atoms with Crippen molar-refractivity contribution in [3.05, 3.63) is 31.1 Å². The topological polar surface area (TPSA) is 83.5 Å². The Morgan fingerprint density at radius 2 is 1.95 bits per heavy atom. The molecule has 0 bridgehead atoms. The van der Waals surface area contributed by atoms with Gasteiger partial charge in [0.1, 0.15) is 16.7 Å². The quantitative estimate of drug-likeness (QED) is 0.261. The van der Waals surface area contributed by atoms with Gasteiger partial charge in [0.2, 0.25) is 0 Å². The van der Waals surface area contributed by atoms with E-state index in [1.165, 1.54) is 6.07 Å². The van der Waals surface area contributed by atoms with Crippen molar-refractivity contribution < 1.29 is 22.5 Å². The molecule has 0 aliphatic carbocycles. The van der Waals surface area contributed by atoms with Gasteiger partial charge in [0.05, 0.1) is 10.8 Å². The number of ether oxygens (including phenoxy) is 1. The predicted octanol–water partition coefficient (Wildman–Crippen LogP) is 3.28. The van der Waals surface area contributed by atoms with Crippen LogP contribution in [0.4, 0.5) is 0 Å². The molecule has 1 atom stereocenters. The predicted molar refractivity (Wildman–Crippen MR) is 84.0 cm³/mol. The maximum absolute atomic E-state index is 11.9. The smallest absolute Gasteiger partial charge is 0.339 e. The monoisotopic (exact) mass is 511 g/mol. The molecule has 0 amide bonds. The molecule has 0 saturated carbocycles. The fourth-order valence-electron chi connectivity index (χ4n) is 1.16. The summed E-state index contributed by atoms with van der Waals surface area (Å²) in [5, 5.41) is -1.47. The average Bonchev–Trinajstić information content (AvgIpc) is 2.32. The molecule has 1 aromatic rings. The zero-order valence-electron chi connectivity index (χ0n) is 9.61. The van der Waals surface area contributed by atoms with Gasteiger partial charge >= 0.3 is 5.97 Å². The molecule has 1 aromatic carbocycles. The Morgan fingerprint density at radius 1 is 1.35 bits per heavy atom. The van der Waals surface area contributed by atoms with Gasteiger partial charge in [0.15, 0.2) is 0 Å². The standard InChI is InChI=1S/C10H8Br3ClO5S/c11-5-1-7(9(13)8(12)2-5)10(15)19-4-6(3-14)20(16,17)18/h1-2,6H,3-4H2,(H,16,17,18)/p-1. The van der Waals surface area contributed by atoms with Gasteiger partial charge in [-0.1, -0.05) is 15.9 Å². The molecular weight excluding hydrogens is 507 g/mol. The van der Waals surface area contributed by atoms with E-state index in [2.05, 4.69) is 47.8 Å². The van der Waals surface area contributed by atoms with Crippen LogP contribution in [0.1, 0.15) is 10.4 Å². The highest BCUT2D eigenvalue weighted by molar-refractivity contribution is 9.13. The highest BCUT2D eigenvalue weighted by Crippen LogP contribution is 2.31. The van der Waals surface area contributed by atoms with Crippen molar-refractivity contribution >= 4 is 75.5 Å². The van der Waals surface area contributed by atoms with Crippen molar-refractivity contribution in [3.63, 3.8) is 0 Å². The van der Waals surface area contributed by atoms with E-state index < -0.39 is 33.8 Å². The number of benzene rings is 1. The first kappa shape index (κ1) is 18.4. The van der Waals surface area contributed by atoms with Crippen LogP contribution in [0.3, 0.4) is 0 Å². The van der Waals surface area contributed by atoms with Crippen molar-refractivity contribution in [2.45, 2.75) is 5.25 Å². The van der Waals surface area contributed by atoms with Crippen molar-refractivity contribution in [2.24, 2.45) is 0 Å². The van der Waals surface area contributed by atoms with Gasteiger partial charge in [-0.3, -0.25) is 0 Å². The molecule has 5 nitrogen and oxygen atoms in total. The number of carbonyl (C=O) groups excluding carboxylic acids is 1. The van der Waals surface area contributed by atoms with Crippen LogP contribution in [0.5, 0.6) is 0 Å². The first-order valence-corrected chi connectivity index (χ1v) is 9.37. The Morgan fingerprint density at radius 3 is 2.45 bits per heavy atom. The van der Waals surface area contributed by atoms with Gasteiger partial charge in [-0.25, -0.2) is 13.2 Å². The van der Waals surface area contributed by atoms with Gasteiger partial charge in [-0.2, -0.15) is 0 Å². The molecule has 0 spiro atoms. The number of hydrogen-bond acceptors (Lipinski definition) is 5. The van der Waals surface area contributed by atoms with Crippen molar-refractivity contribution in [1.82, 2.24) is 0 Å². The number of rotatable bonds is 5. The molecule has 0 heterocycles. The summed E-state index contributed by atoms with van der Waals surface area (Å²) in [6, 6.07) is 3.21. The molecule has 10 heteroatoms. The van der Waals surface area contributed by atoms with E-state index in [-0.39, 0.29) is 5.56 Å². The van der Waals surface area contributed by atoms with Gasteiger partial charge in [-0.15, -0.1) is 11.6 Å². The molecule has 1 unspecified atom stereocenters. The SMILES string of the molecule is O=C(OCC(CCl)S(=O)(=O)[O-])c1cc(Br)cc(Br)c1Br. The number of halogens is 4. The van der Waals surface area contributed by atoms with Crippen LogP contribution in [-0.4, -0.2) is 36.7 Å². The van der Waals surface area contributed by atoms with E-state index in [1.807, 2.05) is 0 Å². The largest absolute Gasteiger partial charge is 0.748 e. The number of alkyl halides is 1. The minimum atomic E-state index is -4.61. The molecule has 0 N–H and O–H groups in total. The minimum absolute atomic E-state index is 0.183. The first-order chi connectivity index (χ1) is 9.16. The first-order valence-electron chi connectivity index (χ1n) is 4.99. The summed E-state index contributed by atoms with van der Waals surface area (Å²) < 4.78 is 39.0. The highest BCUT2D eigenvalue weighted by atomic mass is 79.9. The molecule has 1 rings (SSSR count). The van der Waals surface area contributed by atoms with Gasteiger partial charge in [-0.05, 0) is 44.0 Å². The summed E-state index contributed by atoms with van der Waals surface area (Å²) in [6.07, 6.45) is 0. The lowest BCUT2D eigenvalue weighted by molar-refractivity contribution is 0.0506. The van der Waals surface area contributed by atoms with Crippen molar-refractivity contribution in [3.8, 4) is 0 Å². The zero-order valence-corrected chi connectivity index (χ0v) is 15.9. The second-order valence-corrected chi connectivity index (χ2v) is 8.14. The van der Waals surface area contributed by atoms with E-state index in [4.69, 9.17) is 16.3 Å². The summed E-state index contributed by atoms with van der Waals surface area (Å²) in [7, 11) is -4.61. The van der Waals surface area contributed by atoms with Crippen LogP contribution in [0.2, 0.25) is 0 Å². The van der Waals surface area contributed by atoms with Gasteiger partial charge in [0, 0.05) is 19.3 Å². The molecule has 112 valence electrons. The Balaban J connectivity index is 2.88. The third-order valence-electron chi connectivity index (χ3n) is 2.19. The molecule has 0 aliphatic rings. The van der Waals surface area contributed by atoms with Crippen molar-refractivity contribution in [2.75, 3.05) is 12.5 Å². The highest BCUT2D eigenvalue weighted by Gasteiger charge is 2.20. The maximum Gasteiger partial charge on any atom is 0.339 e. The second kappa shape index (κ2) is 7.55. The zero-order chi connectivity index (χ0) is 15.5. The molecule has 20 heavy (non-hydrogen) atoms. The Kier molecular flexibility index (Phi) is 6.94. The van der Waals surface area contributed by atoms with Crippen LogP contribution in [0, 0.1) is 0 Å². The third kappa shape index (κ3) is 4.96. The van der Waals surface area contributed by atoms with Crippen LogP contribution < -0.4 is 0 Å². The number of esters is 1. The molecule has 0 aliphatic heterocycles. The van der Waals surface area contributed by atoms with Crippen LogP contribution in [0.25, 0.3) is 0 Å². The fraction of sp³-hybridized carbons (Fsp3) is 0.300. The number of carbonyl (C=O) groups is 1. The van der Waals surface area contributed by atoms with E-state index in [9.17, 15) is 17.8 Å². The Labute approximate surface area is 146 Å². The van der Waals surface area contributed by atoms with Crippen LogP contribution in [-0.2, 0) is 14.9 Å². The summed E-state index contributed by atoms with van der Waals surface area (Å²) in [6.45, 7) is -0.593. The fourth-order valence-corrected chi connectivity index (χ4v) is 3.71. The lowest BCUT2D eigenvalue weighted by Crippen LogP contribution is -2.29. The summed E-state index contributed by atoms with van der Waals surface area (Å²) >= 11 is 15.0. The number of hydrogen-bond donors (Lipinski definition) is 0. The van der Waals surface area contributed by atoms with E-state index >= 15 is 0 Å². The maximum atomic E-state index is 11.9.